The van der Waals surface area contributed by atoms with Crippen molar-refractivity contribution < 1.29 is 19.4 Å². The second kappa shape index (κ2) is 7.08. The molecule has 114 valence electrons. The second-order valence-electron chi connectivity index (χ2n) is 5.11. The Morgan fingerprint density at radius 3 is 2.95 bits per heavy atom. The zero-order chi connectivity index (χ0) is 15.2. The van der Waals surface area contributed by atoms with Gasteiger partial charge in [-0.1, -0.05) is 18.2 Å². The van der Waals surface area contributed by atoms with E-state index in [1.807, 2.05) is 24.3 Å². The number of hydrogen-bond acceptors (Lipinski definition) is 4. The van der Waals surface area contributed by atoms with Crippen molar-refractivity contribution >= 4 is 17.6 Å². The SMILES string of the molecule is COCCC(NC(=O)CC1CNc2ccccc21)C(=O)O. The quantitative estimate of drug-likeness (QED) is 0.702. The van der Waals surface area contributed by atoms with Gasteiger partial charge >= 0.3 is 5.97 Å². The summed E-state index contributed by atoms with van der Waals surface area (Å²) in [5.74, 6) is -1.20. The average molecular weight is 292 g/mol. The molecule has 0 bridgehead atoms. The number of methoxy groups -OCH3 is 1. The van der Waals surface area contributed by atoms with Gasteiger partial charge in [-0.05, 0) is 11.6 Å². The molecule has 21 heavy (non-hydrogen) atoms. The summed E-state index contributed by atoms with van der Waals surface area (Å²) < 4.78 is 4.86. The number of fused-ring (bicyclic) bond motifs is 1. The molecule has 1 aromatic carbocycles. The minimum atomic E-state index is -1.04. The summed E-state index contributed by atoms with van der Waals surface area (Å²) in [4.78, 5) is 23.1. The normalized spacial score (nSPS) is 17.7. The highest BCUT2D eigenvalue weighted by atomic mass is 16.5. The van der Waals surface area contributed by atoms with E-state index in [4.69, 9.17) is 9.84 Å². The molecule has 0 saturated heterocycles. The fourth-order valence-corrected chi connectivity index (χ4v) is 2.51. The van der Waals surface area contributed by atoms with Crippen LogP contribution in [0.1, 0.15) is 24.3 Å². The molecule has 1 amide bonds. The number of nitrogens with one attached hydrogen (secondary N) is 2. The van der Waals surface area contributed by atoms with E-state index in [0.717, 1.165) is 11.3 Å². The highest BCUT2D eigenvalue weighted by Gasteiger charge is 2.26. The van der Waals surface area contributed by atoms with Crippen LogP contribution >= 0.6 is 0 Å². The van der Waals surface area contributed by atoms with E-state index < -0.39 is 12.0 Å². The van der Waals surface area contributed by atoms with Crippen LogP contribution in [0.15, 0.2) is 24.3 Å². The number of aliphatic carboxylic acids is 1. The fraction of sp³-hybridized carbons (Fsp3) is 0.467. The predicted molar refractivity (Wildman–Crippen MR) is 78.3 cm³/mol. The molecule has 0 radical (unpaired) electrons. The molecular weight excluding hydrogens is 272 g/mol. The smallest absolute Gasteiger partial charge is 0.326 e. The first-order valence-electron chi connectivity index (χ1n) is 6.95. The van der Waals surface area contributed by atoms with Crippen molar-refractivity contribution in [3.63, 3.8) is 0 Å². The largest absolute Gasteiger partial charge is 0.480 e. The van der Waals surface area contributed by atoms with E-state index in [0.29, 0.717) is 13.2 Å². The molecule has 2 atom stereocenters. The Kier molecular flexibility index (Phi) is 5.16. The monoisotopic (exact) mass is 292 g/mol. The molecule has 0 aliphatic carbocycles. The van der Waals surface area contributed by atoms with Crippen LogP contribution in [0, 0.1) is 0 Å². The summed E-state index contributed by atoms with van der Waals surface area (Å²) in [6, 6.07) is 6.95. The average Bonchev–Trinajstić information content (AvgIpc) is 2.86. The van der Waals surface area contributed by atoms with E-state index in [1.54, 1.807) is 0 Å². The van der Waals surface area contributed by atoms with Gasteiger partial charge in [-0.2, -0.15) is 0 Å². The van der Waals surface area contributed by atoms with Gasteiger partial charge in [0.1, 0.15) is 6.04 Å². The van der Waals surface area contributed by atoms with E-state index in [1.165, 1.54) is 7.11 Å². The first-order valence-corrected chi connectivity index (χ1v) is 6.95. The first kappa shape index (κ1) is 15.3. The number of carbonyl (C=O) groups is 2. The van der Waals surface area contributed by atoms with Gasteiger partial charge in [0.05, 0.1) is 0 Å². The van der Waals surface area contributed by atoms with Crippen LogP contribution < -0.4 is 10.6 Å². The van der Waals surface area contributed by atoms with Crippen molar-refractivity contribution in [2.45, 2.75) is 24.8 Å². The van der Waals surface area contributed by atoms with Crippen molar-refractivity contribution in [3.8, 4) is 0 Å². The van der Waals surface area contributed by atoms with Gasteiger partial charge in [0.15, 0.2) is 0 Å². The minimum absolute atomic E-state index is 0.0815. The summed E-state index contributed by atoms with van der Waals surface area (Å²) in [6.45, 7) is 0.994. The summed E-state index contributed by atoms with van der Waals surface area (Å²) in [5.41, 5.74) is 2.15. The van der Waals surface area contributed by atoms with Crippen LogP contribution in [0.3, 0.4) is 0 Å². The van der Waals surface area contributed by atoms with Gasteiger partial charge in [0.2, 0.25) is 5.91 Å². The third-order valence-corrected chi connectivity index (χ3v) is 3.62. The second-order valence-corrected chi connectivity index (χ2v) is 5.11. The zero-order valence-electron chi connectivity index (χ0n) is 12.0. The molecule has 1 aliphatic heterocycles. The van der Waals surface area contributed by atoms with Gasteiger partial charge in [-0.15, -0.1) is 0 Å². The molecule has 2 rings (SSSR count). The summed E-state index contributed by atoms with van der Waals surface area (Å²) >= 11 is 0. The third-order valence-electron chi connectivity index (χ3n) is 3.62. The van der Waals surface area contributed by atoms with Gasteiger partial charge in [0, 0.05) is 44.7 Å². The van der Waals surface area contributed by atoms with E-state index in [-0.39, 0.29) is 24.7 Å². The summed E-state index contributed by atoms with van der Waals surface area (Å²) in [6.07, 6.45) is 0.540. The molecule has 0 spiro atoms. The number of amides is 1. The van der Waals surface area contributed by atoms with Gasteiger partial charge < -0.3 is 20.5 Å². The maximum absolute atomic E-state index is 12.0. The Balaban J connectivity index is 1.91. The molecule has 1 aliphatic rings. The Morgan fingerprint density at radius 1 is 1.48 bits per heavy atom. The number of carboxylic acid groups (broad SMARTS) is 1. The van der Waals surface area contributed by atoms with Crippen molar-refractivity contribution in [2.24, 2.45) is 0 Å². The van der Waals surface area contributed by atoms with Gasteiger partial charge in [-0.3, -0.25) is 4.79 Å². The van der Waals surface area contributed by atoms with Crippen molar-refractivity contribution in [2.75, 3.05) is 25.6 Å². The summed E-state index contributed by atoms with van der Waals surface area (Å²) in [7, 11) is 1.50. The van der Waals surface area contributed by atoms with Crippen molar-refractivity contribution in [1.82, 2.24) is 5.32 Å². The lowest BCUT2D eigenvalue weighted by molar-refractivity contribution is -0.142. The Hall–Kier alpha value is -2.08. The third kappa shape index (κ3) is 3.95. The maximum Gasteiger partial charge on any atom is 0.326 e. The van der Waals surface area contributed by atoms with Crippen LogP contribution in [0.5, 0.6) is 0 Å². The van der Waals surface area contributed by atoms with Crippen LogP contribution in [0.2, 0.25) is 0 Å². The highest BCUT2D eigenvalue weighted by molar-refractivity contribution is 5.84. The van der Waals surface area contributed by atoms with Gasteiger partial charge in [-0.25, -0.2) is 4.79 Å². The number of ether oxygens (including phenoxy) is 1. The molecule has 2 unspecified atom stereocenters. The molecule has 6 nitrogen and oxygen atoms in total. The van der Waals surface area contributed by atoms with Crippen LogP contribution in [-0.4, -0.2) is 43.3 Å². The van der Waals surface area contributed by atoms with Crippen molar-refractivity contribution in [1.29, 1.82) is 0 Å². The Bertz CT molecular complexity index is 518. The number of carboxylic acids is 1. The molecule has 0 fully saturated rings. The standard InChI is InChI=1S/C15H20N2O4/c1-21-7-6-13(15(19)20)17-14(18)8-10-9-16-12-5-3-2-4-11(10)12/h2-5,10,13,16H,6-9H2,1H3,(H,17,18)(H,19,20). The Labute approximate surface area is 123 Å². The van der Waals surface area contributed by atoms with E-state index in [2.05, 4.69) is 10.6 Å². The molecule has 6 heteroatoms. The predicted octanol–water partition coefficient (Wildman–Crippen LogP) is 1.19. The number of carbonyl (C=O) groups excluding carboxylic acids is 1. The fourth-order valence-electron chi connectivity index (χ4n) is 2.51. The van der Waals surface area contributed by atoms with Crippen molar-refractivity contribution in [3.05, 3.63) is 29.8 Å². The molecule has 1 heterocycles. The molecule has 0 saturated carbocycles. The molecular formula is C15H20N2O4. The number of rotatable bonds is 7. The number of anilines is 1. The van der Waals surface area contributed by atoms with E-state index in [9.17, 15) is 9.59 Å². The first-order chi connectivity index (χ1) is 10.1. The molecule has 1 aromatic rings. The lowest BCUT2D eigenvalue weighted by Gasteiger charge is -2.16. The minimum Gasteiger partial charge on any atom is -0.480 e. The Morgan fingerprint density at radius 2 is 2.24 bits per heavy atom. The van der Waals surface area contributed by atoms with E-state index >= 15 is 0 Å². The van der Waals surface area contributed by atoms with Crippen LogP contribution in [-0.2, 0) is 14.3 Å². The number of benzene rings is 1. The highest BCUT2D eigenvalue weighted by Crippen LogP contribution is 2.33. The number of para-hydroxylation sites is 1. The maximum atomic E-state index is 12.0. The molecule has 3 N–H and O–H groups in total. The topological polar surface area (TPSA) is 87.7 Å². The summed E-state index contributed by atoms with van der Waals surface area (Å²) in [5, 5.41) is 14.9. The lowest BCUT2D eigenvalue weighted by atomic mass is 9.97. The number of hydrogen-bond donors (Lipinski definition) is 3. The van der Waals surface area contributed by atoms with Gasteiger partial charge in [0.25, 0.3) is 0 Å². The van der Waals surface area contributed by atoms with Crippen LogP contribution in [0.25, 0.3) is 0 Å². The van der Waals surface area contributed by atoms with Crippen LogP contribution in [0.4, 0.5) is 5.69 Å². The molecule has 0 aromatic heterocycles. The zero-order valence-corrected chi connectivity index (χ0v) is 12.0. The lowest BCUT2D eigenvalue weighted by Crippen LogP contribution is -2.42.